The highest BCUT2D eigenvalue weighted by molar-refractivity contribution is 6.09. The normalized spacial score (nSPS) is 10.9. The molecule has 0 aliphatic rings. The van der Waals surface area contributed by atoms with Gasteiger partial charge in [-0.3, -0.25) is 9.97 Å². The van der Waals surface area contributed by atoms with E-state index in [1.165, 1.54) is 5.56 Å². The van der Waals surface area contributed by atoms with Gasteiger partial charge >= 0.3 is 11.9 Å². The van der Waals surface area contributed by atoms with Crippen molar-refractivity contribution in [3.8, 4) is 11.8 Å². The van der Waals surface area contributed by atoms with Gasteiger partial charge in [-0.1, -0.05) is 42.2 Å². The third kappa shape index (κ3) is 8.25. The number of rotatable bonds is 6. The molecule has 0 bridgehead atoms. The minimum Gasteiger partial charge on any atom is -0.478 e. The molecule has 288 valence electrons. The molecule has 0 unspecified atom stereocenters. The number of pyridine rings is 4. The molecule has 58 heavy (non-hydrogen) atoms. The van der Waals surface area contributed by atoms with Crippen LogP contribution in [0.1, 0.15) is 72.1 Å². The maximum Gasteiger partial charge on any atom is 0.338 e. The van der Waals surface area contributed by atoms with Crippen LogP contribution in [-0.4, -0.2) is 43.6 Å². The third-order valence-electron chi connectivity index (χ3n) is 10.0. The van der Waals surface area contributed by atoms with Crippen molar-refractivity contribution >= 4 is 67.2 Å². The molecule has 0 saturated heterocycles. The number of aryl methyl sites for hydroxylation is 6. The molecular weight excluding hydrogens is 725 g/mol. The zero-order valence-corrected chi connectivity index (χ0v) is 33.0. The summed E-state index contributed by atoms with van der Waals surface area (Å²) in [5.41, 5.74) is 24.3. The second-order valence-corrected chi connectivity index (χ2v) is 14.3. The number of nitrogens with zero attached hydrogens (tertiary/aromatic N) is 4. The second kappa shape index (κ2) is 16.4. The summed E-state index contributed by atoms with van der Waals surface area (Å²) in [6.45, 7) is 10.1. The fourth-order valence-electron chi connectivity index (χ4n) is 6.96. The number of ether oxygens (including phenoxy) is 1. The zero-order valence-electron chi connectivity index (χ0n) is 33.0. The van der Waals surface area contributed by atoms with Crippen molar-refractivity contribution in [3.63, 3.8) is 0 Å². The summed E-state index contributed by atoms with van der Waals surface area (Å²) in [5, 5.41) is 13.1. The van der Waals surface area contributed by atoms with Gasteiger partial charge in [0, 0.05) is 45.1 Å². The fourth-order valence-corrected chi connectivity index (χ4v) is 6.96. The van der Waals surface area contributed by atoms with Gasteiger partial charge in [0.25, 0.3) is 0 Å². The number of carbonyl (C=O) groups excluding carboxylic acids is 1. The molecule has 0 radical (unpaired) electrons. The summed E-state index contributed by atoms with van der Waals surface area (Å²) >= 11 is 0. The van der Waals surface area contributed by atoms with Crippen LogP contribution >= 0.6 is 0 Å². The van der Waals surface area contributed by atoms with E-state index >= 15 is 0 Å². The molecule has 0 amide bonds. The maximum atomic E-state index is 11.9. The summed E-state index contributed by atoms with van der Waals surface area (Å²) in [6.07, 6.45) is 5.26. The molecule has 4 heterocycles. The van der Waals surface area contributed by atoms with E-state index in [1.54, 1.807) is 24.4 Å². The molecular formula is C48H42N6O4. The lowest BCUT2D eigenvalue weighted by Gasteiger charge is -2.10. The van der Waals surface area contributed by atoms with Gasteiger partial charge in [-0.15, -0.1) is 0 Å². The average molecular weight is 767 g/mol. The molecule has 0 atom stereocenters. The number of aromatic nitrogens is 4. The van der Waals surface area contributed by atoms with Crippen molar-refractivity contribution in [3.05, 3.63) is 153 Å². The van der Waals surface area contributed by atoms with E-state index in [0.717, 1.165) is 89.9 Å². The topological polar surface area (TPSA) is 167 Å². The third-order valence-corrected chi connectivity index (χ3v) is 10.0. The Balaban J connectivity index is 0.000000177. The first-order valence-electron chi connectivity index (χ1n) is 18.9. The minimum absolute atomic E-state index is 0.250. The molecule has 0 spiro atoms. The zero-order chi connectivity index (χ0) is 41.1. The molecule has 0 fully saturated rings. The highest BCUT2D eigenvalue weighted by Gasteiger charge is 2.12. The van der Waals surface area contributed by atoms with Gasteiger partial charge < -0.3 is 21.3 Å². The average Bonchev–Trinajstić information content (AvgIpc) is 3.20. The largest absolute Gasteiger partial charge is 0.478 e. The summed E-state index contributed by atoms with van der Waals surface area (Å²) in [6, 6.07) is 27.0. The number of benzene rings is 4. The SMILES string of the molecule is CCOC(=O)c1ccc(CCc2cnc3c(N)nc4cc(C)ccc4c3c2)c(C)c1.Cc1ccc2c(c1)nc(N)c1ncc(C#Cc3ccc(C(=O)O)cc3C)cc12. The van der Waals surface area contributed by atoms with Crippen LogP contribution in [-0.2, 0) is 17.6 Å². The van der Waals surface area contributed by atoms with Gasteiger partial charge in [0.2, 0.25) is 0 Å². The van der Waals surface area contributed by atoms with Crippen LogP contribution in [0.4, 0.5) is 11.6 Å². The van der Waals surface area contributed by atoms with Gasteiger partial charge in [-0.2, -0.15) is 0 Å². The van der Waals surface area contributed by atoms with Crippen LogP contribution in [0.5, 0.6) is 0 Å². The highest BCUT2D eigenvalue weighted by Crippen LogP contribution is 2.29. The second-order valence-electron chi connectivity index (χ2n) is 14.3. The van der Waals surface area contributed by atoms with Crippen LogP contribution in [0, 0.1) is 39.5 Å². The Morgan fingerprint density at radius 3 is 1.86 bits per heavy atom. The number of fused-ring (bicyclic) bond motifs is 6. The molecule has 0 aliphatic heterocycles. The van der Waals surface area contributed by atoms with Crippen molar-refractivity contribution in [2.75, 3.05) is 18.1 Å². The van der Waals surface area contributed by atoms with Crippen molar-refractivity contribution in [2.45, 2.75) is 47.5 Å². The Morgan fingerprint density at radius 2 is 1.26 bits per heavy atom. The molecule has 4 aromatic heterocycles. The minimum atomic E-state index is -0.949. The highest BCUT2D eigenvalue weighted by atomic mass is 16.5. The predicted molar refractivity (Wildman–Crippen MR) is 231 cm³/mol. The molecule has 10 heteroatoms. The standard InChI is InChI=1S/C25H25N3O2.C23H17N3O2/c1-4-30-25(29)19-9-8-18(16(3)12-19)7-6-17-13-21-20-10-5-15(2)11-22(20)28-24(26)23(21)27-14-17;1-13-3-8-18-19-11-15(12-25-21(19)22(24)26-20(18)9-13)4-5-16-6-7-17(23(27)28)10-14(16)2/h5,8-14H,4,6-7H2,1-3H3,(H2,26,28);3,6-12H,1-2H3,(H2,24,26)(H,27,28). The Kier molecular flexibility index (Phi) is 11.0. The van der Waals surface area contributed by atoms with E-state index in [1.807, 2.05) is 89.3 Å². The van der Waals surface area contributed by atoms with E-state index in [-0.39, 0.29) is 11.5 Å². The maximum absolute atomic E-state index is 11.9. The van der Waals surface area contributed by atoms with Crippen LogP contribution in [0.15, 0.2) is 97.3 Å². The van der Waals surface area contributed by atoms with Crippen LogP contribution in [0.3, 0.4) is 0 Å². The molecule has 8 aromatic rings. The first-order chi connectivity index (χ1) is 27.9. The predicted octanol–water partition coefficient (Wildman–Crippen LogP) is 9.02. The molecule has 5 N–H and O–H groups in total. The summed E-state index contributed by atoms with van der Waals surface area (Å²) in [4.78, 5) is 41.0. The number of carboxylic acids is 1. The number of esters is 1. The first-order valence-corrected chi connectivity index (χ1v) is 18.9. The Bertz CT molecular complexity index is 3000. The fraction of sp³-hybridized carbons (Fsp3) is 0.167. The smallest absolute Gasteiger partial charge is 0.338 e. The van der Waals surface area contributed by atoms with E-state index in [4.69, 9.17) is 21.3 Å². The van der Waals surface area contributed by atoms with Crippen molar-refractivity contribution in [1.82, 2.24) is 19.9 Å². The van der Waals surface area contributed by atoms with E-state index < -0.39 is 5.97 Å². The number of nitrogen functional groups attached to an aromatic ring is 2. The Morgan fingerprint density at radius 1 is 0.655 bits per heavy atom. The number of hydrogen-bond acceptors (Lipinski definition) is 9. The van der Waals surface area contributed by atoms with E-state index in [2.05, 4.69) is 50.0 Å². The molecule has 10 nitrogen and oxygen atoms in total. The molecule has 0 saturated carbocycles. The van der Waals surface area contributed by atoms with Gasteiger partial charge in [-0.25, -0.2) is 19.6 Å². The van der Waals surface area contributed by atoms with Gasteiger partial charge in [0.1, 0.15) is 11.0 Å². The lowest BCUT2D eigenvalue weighted by molar-refractivity contribution is 0.0525. The first kappa shape index (κ1) is 38.9. The quantitative estimate of drug-likeness (QED) is 0.0844. The van der Waals surface area contributed by atoms with Gasteiger partial charge in [0.05, 0.1) is 28.8 Å². The van der Waals surface area contributed by atoms with Gasteiger partial charge in [0.15, 0.2) is 11.6 Å². The number of carboxylic acid groups (broad SMARTS) is 1. The molecule has 4 aromatic carbocycles. The summed E-state index contributed by atoms with van der Waals surface area (Å²) in [7, 11) is 0. The number of aromatic carboxylic acids is 1. The van der Waals surface area contributed by atoms with Crippen LogP contribution in [0.2, 0.25) is 0 Å². The summed E-state index contributed by atoms with van der Waals surface area (Å²) < 4.78 is 5.08. The number of nitrogens with two attached hydrogens (primary N) is 2. The van der Waals surface area contributed by atoms with Crippen molar-refractivity contribution in [1.29, 1.82) is 0 Å². The van der Waals surface area contributed by atoms with Gasteiger partial charge in [-0.05, 0) is 135 Å². The van der Waals surface area contributed by atoms with Crippen LogP contribution in [0.25, 0.3) is 43.6 Å². The lowest BCUT2D eigenvalue weighted by atomic mass is 9.98. The lowest BCUT2D eigenvalue weighted by Crippen LogP contribution is -2.06. The van der Waals surface area contributed by atoms with Crippen molar-refractivity contribution < 1.29 is 19.4 Å². The Hall–Kier alpha value is -7.38. The number of hydrogen-bond donors (Lipinski definition) is 3. The Labute approximate surface area is 336 Å². The molecule has 0 aliphatic carbocycles. The summed E-state index contributed by atoms with van der Waals surface area (Å²) in [5.74, 6) is 5.85. The monoisotopic (exact) mass is 766 g/mol. The number of carbonyl (C=O) groups is 2. The van der Waals surface area contributed by atoms with E-state index in [9.17, 15) is 9.59 Å². The van der Waals surface area contributed by atoms with Crippen molar-refractivity contribution in [2.24, 2.45) is 0 Å². The van der Waals surface area contributed by atoms with Crippen LogP contribution < -0.4 is 11.5 Å². The molecule has 8 rings (SSSR count). The van der Waals surface area contributed by atoms with E-state index in [0.29, 0.717) is 29.3 Å². The number of anilines is 2.